The Hall–Kier alpha value is -1.89. The van der Waals surface area contributed by atoms with E-state index in [1.807, 2.05) is 0 Å². The summed E-state index contributed by atoms with van der Waals surface area (Å²) in [4.78, 5) is 25.9. The highest BCUT2D eigenvalue weighted by atomic mass is 16.5. The minimum atomic E-state index is -0.670. The molecule has 1 aromatic heterocycles. The van der Waals surface area contributed by atoms with Gasteiger partial charge in [0.15, 0.2) is 5.69 Å². The highest BCUT2D eigenvalue weighted by Crippen LogP contribution is 2.40. The second kappa shape index (κ2) is 5.72. The Morgan fingerprint density at radius 3 is 2.95 bits per heavy atom. The summed E-state index contributed by atoms with van der Waals surface area (Å²) in [5.74, 6) is 0.527. The molecular weight excluding hydrogens is 286 g/mol. The van der Waals surface area contributed by atoms with Crippen molar-refractivity contribution in [2.75, 3.05) is 20.3 Å². The van der Waals surface area contributed by atoms with E-state index >= 15 is 0 Å². The maximum atomic E-state index is 12.8. The van der Waals surface area contributed by atoms with E-state index in [1.165, 1.54) is 0 Å². The Kier molecular flexibility index (Phi) is 3.90. The van der Waals surface area contributed by atoms with Crippen molar-refractivity contribution in [2.24, 2.45) is 5.73 Å². The Bertz CT molecular complexity index is 581. The first kappa shape index (κ1) is 15.0. The van der Waals surface area contributed by atoms with Crippen molar-refractivity contribution in [2.45, 2.75) is 43.6 Å². The molecule has 1 aliphatic heterocycles. The molecule has 2 heterocycles. The van der Waals surface area contributed by atoms with Gasteiger partial charge < -0.3 is 19.9 Å². The van der Waals surface area contributed by atoms with Crippen molar-refractivity contribution in [1.82, 2.24) is 10.1 Å². The number of ether oxygens (including phenoxy) is 1. The summed E-state index contributed by atoms with van der Waals surface area (Å²) >= 11 is 0. The molecule has 22 heavy (non-hydrogen) atoms. The number of amides is 2. The molecule has 0 spiro atoms. The first-order valence-electron chi connectivity index (χ1n) is 7.61. The molecule has 0 bridgehead atoms. The number of carbonyl (C=O) groups is 2. The van der Waals surface area contributed by atoms with Gasteiger partial charge in [-0.15, -0.1) is 0 Å². The summed E-state index contributed by atoms with van der Waals surface area (Å²) in [7, 11) is 1.56. The number of carbonyl (C=O) groups excluding carboxylic acids is 2. The maximum absolute atomic E-state index is 12.8. The highest BCUT2D eigenvalue weighted by Gasteiger charge is 2.46. The van der Waals surface area contributed by atoms with E-state index in [4.69, 9.17) is 15.0 Å². The topological polar surface area (TPSA) is 98.7 Å². The van der Waals surface area contributed by atoms with Crippen LogP contribution in [-0.2, 0) is 9.53 Å². The van der Waals surface area contributed by atoms with Gasteiger partial charge in [-0.05, 0) is 25.7 Å². The van der Waals surface area contributed by atoms with Crippen LogP contribution < -0.4 is 5.73 Å². The molecule has 7 nitrogen and oxygen atoms in total. The largest absolute Gasteiger partial charge is 0.382 e. The molecule has 2 aliphatic rings. The maximum Gasteiger partial charge on any atom is 0.276 e. The molecule has 7 heteroatoms. The van der Waals surface area contributed by atoms with Crippen molar-refractivity contribution < 1.29 is 18.8 Å². The molecule has 0 radical (unpaired) electrons. The third kappa shape index (κ3) is 2.72. The Labute approximate surface area is 128 Å². The van der Waals surface area contributed by atoms with Crippen LogP contribution in [0.25, 0.3) is 0 Å². The molecule has 1 saturated carbocycles. The number of rotatable bonds is 6. The van der Waals surface area contributed by atoms with Crippen LogP contribution in [0, 0.1) is 0 Å². The highest BCUT2D eigenvalue weighted by molar-refractivity contribution is 5.93. The smallest absolute Gasteiger partial charge is 0.276 e. The third-order valence-corrected chi connectivity index (χ3v) is 4.49. The number of hydrogen-bond donors (Lipinski definition) is 1. The van der Waals surface area contributed by atoms with Crippen molar-refractivity contribution in [3.05, 3.63) is 17.5 Å². The first-order chi connectivity index (χ1) is 10.6. The quantitative estimate of drug-likeness (QED) is 0.847. The Morgan fingerprint density at radius 1 is 1.55 bits per heavy atom. The van der Waals surface area contributed by atoms with Gasteiger partial charge in [0.25, 0.3) is 5.91 Å². The summed E-state index contributed by atoms with van der Waals surface area (Å²) in [6, 6.07) is 1.72. The van der Waals surface area contributed by atoms with Crippen LogP contribution in [0.2, 0.25) is 0 Å². The molecule has 2 amide bonds. The normalized spacial score (nSPS) is 24.7. The molecule has 0 aromatic carbocycles. The standard InChI is InChI=1S/C15H21N3O4/c1-21-9-15(8-13(16)19)5-2-6-18(15)14(20)11-7-12(22-17-11)10-3-4-10/h7,10H,2-6,8-9H2,1H3,(H2,16,19)/t15-/m0/s1. The van der Waals surface area contributed by atoms with Gasteiger partial charge in [-0.3, -0.25) is 9.59 Å². The minimum absolute atomic E-state index is 0.0971. The zero-order valence-electron chi connectivity index (χ0n) is 12.7. The fraction of sp³-hybridized carbons (Fsp3) is 0.667. The lowest BCUT2D eigenvalue weighted by Gasteiger charge is -2.36. The number of methoxy groups -OCH3 is 1. The van der Waals surface area contributed by atoms with Gasteiger partial charge in [-0.1, -0.05) is 5.16 Å². The van der Waals surface area contributed by atoms with Crippen LogP contribution in [0.4, 0.5) is 0 Å². The zero-order valence-corrected chi connectivity index (χ0v) is 12.7. The summed E-state index contributed by atoms with van der Waals surface area (Å²) < 4.78 is 10.5. The lowest BCUT2D eigenvalue weighted by Crippen LogP contribution is -2.52. The van der Waals surface area contributed by atoms with E-state index in [0.717, 1.165) is 25.0 Å². The van der Waals surface area contributed by atoms with Crippen LogP contribution in [0.5, 0.6) is 0 Å². The summed E-state index contributed by atoms with van der Waals surface area (Å²) in [6.45, 7) is 0.857. The summed E-state index contributed by atoms with van der Waals surface area (Å²) in [5.41, 5.74) is 5.00. The van der Waals surface area contributed by atoms with Crippen molar-refractivity contribution in [3.63, 3.8) is 0 Å². The third-order valence-electron chi connectivity index (χ3n) is 4.49. The minimum Gasteiger partial charge on any atom is -0.382 e. The molecule has 1 atom stereocenters. The van der Waals surface area contributed by atoms with Gasteiger partial charge in [-0.25, -0.2) is 0 Å². The van der Waals surface area contributed by atoms with Gasteiger partial charge in [0.05, 0.1) is 18.6 Å². The SMILES string of the molecule is COC[C@@]1(CC(N)=O)CCCN1C(=O)c1cc(C2CC2)on1. The van der Waals surface area contributed by atoms with Crippen LogP contribution in [0.3, 0.4) is 0 Å². The second-order valence-electron chi connectivity index (χ2n) is 6.25. The van der Waals surface area contributed by atoms with E-state index in [9.17, 15) is 9.59 Å². The van der Waals surface area contributed by atoms with Crippen molar-refractivity contribution in [1.29, 1.82) is 0 Å². The first-order valence-corrected chi connectivity index (χ1v) is 7.61. The number of likely N-dealkylation sites (tertiary alicyclic amines) is 1. The average molecular weight is 307 g/mol. The van der Waals surface area contributed by atoms with E-state index in [0.29, 0.717) is 24.6 Å². The van der Waals surface area contributed by atoms with Gasteiger partial charge >= 0.3 is 0 Å². The number of hydrogen-bond acceptors (Lipinski definition) is 5. The number of nitrogens with two attached hydrogens (primary N) is 1. The summed E-state index contributed by atoms with van der Waals surface area (Å²) in [6.07, 6.45) is 3.78. The average Bonchev–Trinajstić information content (AvgIpc) is 3.06. The Balaban J connectivity index is 1.82. The van der Waals surface area contributed by atoms with Gasteiger partial charge in [0.1, 0.15) is 5.76 Å². The van der Waals surface area contributed by atoms with Crippen LogP contribution in [0.1, 0.15) is 54.3 Å². The molecule has 1 aliphatic carbocycles. The zero-order chi connectivity index (χ0) is 15.7. The molecular formula is C15H21N3O4. The second-order valence-corrected chi connectivity index (χ2v) is 6.25. The van der Waals surface area contributed by atoms with E-state index in [2.05, 4.69) is 5.16 Å². The van der Waals surface area contributed by atoms with Gasteiger partial charge in [-0.2, -0.15) is 0 Å². The lowest BCUT2D eigenvalue weighted by atomic mass is 9.92. The van der Waals surface area contributed by atoms with Gasteiger partial charge in [0, 0.05) is 25.6 Å². The van der Waals surface area contributed by atoms with E-state index in [1.54, 1.807) is 18.1 Å². The summed E-state index contributed by atoms with van der Waals surface area (Å²) in [5, 5.41) is 3.90. The monoisotopic (exact) mass is 307 g/mol. The van der Waals surface area contributed by atoms with Crippen molar-refractivity contribution in [3.8, 4) is 0 Å². The number of nitrogens with zero attached hydrogens (tertiary/aromatic N) is 2. The molecule has 3 rings (SSSR count). The predicted molar refractivity (Wildman–Crippen MR) is 77.2 cm³/mol. The van der Waals surface area contributed by atoms with Crippen LogP contribution >= 0.6 is 0 Å². The number of aromatic nitrogens is 1. The fourth-order valence-corrected chi connectivity index (χ4v) is 3.32. The molecule has 0 unspecified atom stereocenters. The van der Waals surface area contributed by atoms with E-state index in [-0.39, 0.29) is 18.9 Å². The fourth-order valence-electron chi connectivity index (χ4n) is 3.32. The molecule has 2 N–H and O–H groups in total. The Morgan fingerprint density at radius 2 is 2.32 bits per heavy atom. The molecule has 120 valence electrons. The lowest BCUT2D eigenvalue weighted by molar-refractivity contribution is -0.121. The van der Waals surface area contributed by atoms with Crippen molar-refractivity contribution >= 4 is 11.8 Å². The van der Waals surface area contributed by atoms with E-state index < -0.39 is 11.4 Å². The molecule has 1 saturated heterocycles. The predicted octanol–water partition coefficient (Wildman–Crippen LogP) is 1.05. The molecule has 1 aromatic rings. The number of primary amides is 1. The molecule has 2 fully saturated rings. The van der Waals surface area contributed by atoms with Crippen LogP contribution in [0.15, 0.2) is 10.6 Å². The van der Waals surface area contributed by atoms with Gasteiger partial charge in [0.2, 0.25) is 5.91 Å². The van der Waals surface area contributed by atoms with Crippen LogP contribution in [-0.4, -0.2) is 47.7 Å².